The van der Waals surface area contributed by atoms with Crippen molar-refractivity contribution in [3.63, 3.8) is 0 Å². The topological polar surface area (TPSA) is 50.4 Å². The van der Waals surface area contributed by atoms with E-state index < -0.39 is 0 Å². The van der Waals surface area contributed by atoms with Gasteiger partial charge in [-0.2, -0.15) is 0 Å². The van der Waals surface area contributed by atoms with Crippen LogP contribution in [0.4, 0.5) is 0 Å². The standard InChI is InChI=1S/C6H13N3/c1-2-8-6(9-7)5-3-4-5/h5H,2-4,7H2,1H3,(H,8,9). The van der Waals surface area contributed by atoms with Crippen LogP contribution in [0.3, 0.4) is 0 Å². The molecule has 0 bridgehead atoms. The first-order valence-corrected chi connectivity index (χ1v) is 3.39. The van der Waals surface area contributed by atoms with Crippen molar-refractivity contribution in [2.24, 2.45) is 16.8 Å². The molecule has 1 aliphatic carbocycles. The summed E-state index contributed by atoms with van der Waals surface area (Å²) in [4.78, 5) is 4.19. The number of hydrogen-bond donors (Lipinski definition) is 2. The lowest BCUT2D eigenvalue weighted by Gasteiger charge is -2.00. The Morgan fingerprint density at radius 3 is 2.78 bits per heavy atom. The average Bonchev–Trinajstić information content (AvgIpc) is 2.64. The highest BCUT2D eigenvalue weighted by Gasteiger charge is 2.26. The van der Waals surface area contributed by atoms with Crippen molar-refractivity contribution in [2.45, 2.75) is 19.8 Å². The molecule has 0 saturated heterocycles. The van der Waals surface area contributed by atoms with Crippen LogP contribution >= 0.6 is 0 Å². The molecule has 52 valence electrons. The van der Waals surface area contributed by atoms with Crippen LogP contribution in [0.15, 0.2) is 4.99 Å². The fraction of sp³-hybridized carbons (Fsp3) is 0.833. The molecule has 0 unspecified atom stereocenters. The van der Waals surface area contributed by atoms with E-state index in [9.17, 15) is 0 Å². The molecular weight excluding hydrogens is 114 g/mol. The zero-order chi connectivity index (χ0) is 6.69. The Labute approximate surface area is 55.3 Å². The van der Waals surface area contributed by atoms with Gasteiger partial charge in [-0.3, -0.25) is 4.99 Å². The smallest absolute Gasteiger partial charge is 0.113 e. The van der Waals surface area contributed by atoms with Gasteiger partial charge < -0.3 is 5.43 Å². The van der Waals surface area contributed by atoms with Gasteiger partial charge in [0.25, 0.3) is 0 Å². The molecule has 1 fully saturated rings. The molecule has 0 aromatic heterocycles. The third kappa shape index (κ3) is 1.68. The Morgan fingerprint density at radius 1 is 1.78 bits per heavy atom. The van der Waals surface area contributed by atoms with Crippen LogP contribution in [-0.2, 0) is 0 Å². The molecule has 0 spiro atoms. The second-order valence-electron chi connectivity index (χ2n) is 2.28. The lowest BCUT2D eigenvalue weighted by atomic mass is 10.4. The molecule has 3 heteroatoms. The van der Waals surface area contributed by atoms with Crippen LogP contribution in [0.2, 0.25) is 0 Å². The van der Waals surface area contributed by atoms with E-state index >= 15 is 0 Å². The zero-order valence-electron chi connectivity index (χ0n) is 5.72. The van der Waals surface area contributed by atoms with Gasteiger partial charge in [-0.15, -0.1) is 0 Å². The van der Waals surface area contributed by atoms with Crippen molar-refractivity contribution in [3.05, 3.63) is 0 Å². The van der Waals surface area contributed by atoms with Crippen LogP contribution in [0, 0.1) is 5.92 Å². The summed E-state index contributed by atoms with van der Waals surface area (Å²) >= 11 is 0. The van der Waals surface area contributed by atoms with Crippen LogP contribution in [-0.4, -0.2) is 12.4 Å². The second kappa shape index (κ2) is 2.82. The Morgan fingerprint density at radius 2 is 2.44 bits per heavy atom. The van der Waals surface area contributed by atoms with E-state index in [0.717, 1.165) is 12.4 Å². The van der Waals surface area contributed by atoms with Gasteiger partial charge in [0, 0.05) is 12.5 Å². The maximum atomic E-state index is 5.22. The maximum Gasteiger partial charge on any atom is 0.113 e. The van der Waals surface area contributed by atoms with Crippen molar-refractivity contribution in [2.75, 3.05) is 6.54 Å². The van der Waals surface area contributed by atoms with Crippen LogP contribution in [0.25, 0.3) is 0 Å². The van der Waals surface area contributed by atoms with Gasteiger partial charge in [0.15, 0.2) is 0 Å². The largest absolute Gasteiger partial charge is 0.312 e. The van der Waals surface area contributed by atoms with E-state index in [1.165, 1.54) is 12.8 Å². The summed E-state index contributed by atoms with van der Waals surface area (Å²) in [7, 11) is 0. The molecule has 1 saturated carbocycles. The third-order valence-electron chi connectivity index (χ3n) is 1.44. The van der Waals surface area contributed by atoms with E-state index in [2.05, 4.69) is 10.4 Å². The Balaban J connectivity index is 2.37. The Kier molecular flexibility index (Phi) is 2.05. The van der Waals surface area contributed by atoms with Crippen molar-refractivity contribution in [1.29, 1.82) is 0 Å². The minimum Gasteiger partial charge on any atom is -0.312 e. The minimum atomic E-state index is 0.648. The molecule has 0 aromatic rings. The van der Waals surface area contributed by atoms with Gasteiger partial charge in [-0.1, -0.05) is 0 Å². The van der Waals surface area contributed by atoms with E-state index in [0.29, 0.717) is 5.92 Å². The van der Waals surface area contributed by atoms with Gasteiger partial charge >= 0.3 is 0 Å². The van der Waals surface area contributed by atoms with Gasteiger partial charge in [0.2, 0.25) is 0 Å². The predicted molar refractivity (Wildman–Crippen MR) is 38.0 cm³/mol. The summed E-state index contributed by atoms with van der Waals surface area (Å²) in [6, 6.07) is 0. The number of nitrogens with zero attached hydrogens (tertiary/aromatic N) is 1. The maximum absolute atomic E-state index is 5.22. The highest BCUT2D eigenvalue weighted by Crippen LogP contribution is 2.29. The Bertz CT molecular complexity index is 115. The molecule has 1 rings (SSSR count). The molecule has 3 N–H and O–H groups in total. The summed E-state index contributed by atoms with van der Waals surface area (Å²) < 4.78 is 0. The molecule has 0 heterocycles. The summed E-state index contributed by atoms with van der Waals surface area (Å²) in [6.07, 6.45) is 2.51. The number of aliphatic imine (C=N–C) groups is 1. The highest BCUT2D eigenvalue weighted by molar-refractivity contribution is 5.85. The molecular formula is C6H13N3. The lowest BCUT2D eigenvalue weighted by Crippen LogP contribution is -2.31. The summed E-state index contributed by atoms with van der Waals surface area (Å²) in [5, 5.41) is 0. The molecule has 9 heavy (non-hydrogen) atoms. The fourth-order valence-electron chi connectivity index (χ4n) is 0.820. The van der Waals surface area contributed by atoms with Crippen molar-refractivity contribution in [3.8, 4) is 0 Å². The molecule has 0 aromatic carbocycles. The van der Waals surface area contributed by atoms with Crippen LogP contribution < -0.4 is 11.3 Å². The van der Waals surface area contributed by atoms with Gasteiger partial charge in [-0.25, -0.2) is 5.84 Å². The summed E-state index contributed by atoms with van der Waals surface area (Å²) in [5.41, 5.74) is 2.61. The van der Waals surface area contributed by atoms with E-state index in [1.807, 2.05) is 6.92 Å². The molecule has 0 amide bonds. The van der Waals surface area contributed by atoms with Gasteiger partial charge in [0.1, 0.15) is 5.84 Å². The quantitative estimate of drug-likeness (QED) is 0.242. The van der Waals surface area contributed by atoms with Crippen LogP contribution in [0.1, 0.15) is 19.8 Å². The number of hydrazine groups is 1. The summed E-state index contributed by atoms with van der Waals surface area (Å²) in [5.74, 6) is 6.85. The van der Waals surface area contributed by atoms with E-state index in [4.69, 9.17) is 5.84 Å². The van der Waals surface area contributed by atoms with Crippen molar-refractivity contribution in [1.82, 2.24) is 5.43 Å². The van der Waals surface area contributed by atoms with Crippen molar-refractivity contribution < 1.29 is 0 Å². The van der Waals surface area contributed by atoms with Crippen molar-refractivity contribution >= 4 is 5.84 Å². The number of rotatable bonds is 2. The second-order valence-corrected chi connectivity index (χ2v) is 2.28. The fourth-order valence-corrected chi connectivity index (χ4v) is 0.820. The minimum absolute atomic E-state index is 0.648. The number of nitrogens with two attached hydrogens (primary N) is 1. The Hall–Kier alpha value is -0.570. The molecule has 0 radical (unpaired) electrons. The first-order chi connectivity index (χ1) is 4.38. The lowest BCUT2D eigenvalue weighted by molar-refractivity contribution is 0.923. The third-order valence-corrected chi connectivity index (χ3v) is 1.44. The average molecular weight is 127 g/mol. The SMILES string of the molecule is CCN=C(NN)C1CC1. The predicted octanol–water partition coefficient (Wildman–Crippen LogP) is 0.278. The monoisotopic (exact) mass is 127 g/mol. The van der Waals surface area contributed by atoms with E-state index in [-0.39, 0.29) is 0 Å². The number of hydrogen-bond acceptors (Lipinski definition) is 2. The molecule has 3 nitrogen and oxygen atoms in total. The summed E-state index contributed by atoms with van der Waals surface area (Å²) in [6.45, 7) is 2.84. The van der Waals surface area contributed by atoms with Gasteiger partial charge in [-0.05, 0) is 19.8 Å². The molecule has 0 atom stereocenters. The molecule has 0 aliphatic heterocycles. The first kappa shape index (κ1) is 6.55. The zero-order valence-corrected chi connectivity index (χ0v) is 5.72. The number of nitrogens with one attached hydrogen (secondary N) is 1. The van der Waals surface area contributed by atoms with Crippen LogP contribution in [0.5, 0.6) is 0 Å². The first-order valence-electron chi connectivity index (χ1n) is 3.39. The van der Waals surface area contributed by atoms with Gasteiger partial charge in [0.05, 0.1) is 0 Å². The highest BCUT2D eigenvalue weighted by atomic mass is 15.3. The number of amidine groups is 1. The normalized spacial score (nSPS) is 20.0. The molecule has 1 aliphatic rings. The van der Waals surface area contributed by atoms with E-state index in [1.54, 1.807) is 0 Å².